The van der Waals surface area contributed by atoms with Gasteiger partial charge in [-0.1, -0.05) is 12.8 Å². The maximum Gasteiger partial charge on any atom is 0.0708 e. The van der Waals surface area contributed by atoms with E-state index >= 15 is 0 Å². The molecule has 1 aromatic heterocycles. The number of hydrogen-bond acceptors (Lipinski definition) is 3. The Hall–Kier alpha value is -0.380. The zero-order valence-electron chi connectivity index (χ0n) is 11.2. The highest BCUT2D eigenvalue weighted by molar-refractivity contribution is 7.08. The van der Waals surface area contributed by atoms with Crippen LogP contribution in [0.4, 0.5) is 0 Å². The summed E-state index contributed by atoms with van der Waals surface area (Å²) in [6, 6.07) is 0. The number of ether oxygens (including phenoxy) is 1. The molecule has 1 aliphatic heterocycles. The Morgan fingerprint density at radius 3 is 2.89 bits per heavy atom. The van der Waals surface area contributed by atoms with Crippen molar-refractivity contribution in [1.29, 1.82) is 0 Å². The van der Waals surface area contributed by atoms with Gasteiger partial charge in [0.1, 0.15) is 0 Å². The normalized spacial score (nSPS) is 26.2. The summed E-state index contributed by atoms with van der Waals surface area (Å²) in [4.78, 5) is 0. The first-order valence-electron chi connectivity index (χ1n) is 7.18. The molecule has 1 saturated heterocycles. The summed E-state index contributed by atoms with van der Waals surface area (Å²) in [5, 5.41) is 8.02. The summed E-state index contributed by atoms with van der Waals surface area (Å²) in [6.07, 6.45) is 8.32. The minimum atomic E-state index is 0.282. The molecule has 0 amide bonds. The Balaban J connectivity index is 1.43. The summed E-state index contributed by atoms with van der Waals surface area (Å²) in [5.41, 5.74) is 3.13. The Morgan fingerprint density at radius 2 is 2.17 bits per heavy atom. The summed E-state index contributed by atoms with van der Waals surface area (Å²) in [7, 11) is 0. The lowest BCUT2D eigenvalue weighted by Crippen LogP contribution is -2.30. The van der Waals surface area contributed by atoms with Gasteiger partial charge in [0.05, 0.1) is 11.7 Å². The van der Waals surface area contributed by atoms with Crippen molar-refractivity contribution in [2.24, 2.45) is 0 Å². The maximum atomic E-state index is 6.30. The molecule has 0 bridgehead atoms. The van der Waals surface area contributed by atoms with Gasteiger partial charge in [0.25, 0.3) is 0 Å². The quantitative estimate of drug-likeness (QED) is 0.897. The van der Waals surface area contributed by atoms with Crippen LogP contribution in [-0.2, 0) is 11.3 Å². The van der Waals surface area contributed by atoms with E-state index in [0.717, 1.165) is 13.1 Å². The molecule has 1 atom stereocenters. The van der Waals surface area contributed by atoms with E-state index in [4.69, 9.17) is 4.74 Å². The fourth-order valence-corrected chi connectivity index (χ4v) is 4.22. The molecule has 1 unspecified atom stereocenters. The number of nitrogens with one attached hydrogen (secondary N) is 1. The predicted octanol–water partition coefficient (Wildman–Crippen LogP) is 3.64. The van der Waals surface area contributed by atoms with Crippen LogP contribution in [0.5, 0.6) is 0 Å². The molecule has 2 fully saturated rings. The smallest absolute Gasteiger partial charge is 0.0708 e. The van der Waals surface area contributed by atoms with Crippen molar-refractivity contribution < 1.29 is 4.74 Å². The number of aryl methyl sites for hydroxylation is 1. The molecular weight excluding hydrogens is 242 g/mol. The first-order valence-corrected chi connectivity index (χ1v) is 8.12. The highest BCUT2D eigenvalue weighted by atomic mass is 32.1. The number of hydrogen-bond donors (Lipinski definition) is 1. The molecule has 1 aliphatic carbocycles. The van der Waals surface area contributed by atoms with Gasteiger partial charge in [0.15, 0.2) is 0 Å². The Labute approximate surface area is 114 Å². The molecule has 0 radical (unpaired) electrons. The average Bonchev–Trinajstić information content (AvgIpc) is 3.06. The molecule has 1 saturated carbocycles. The summed E-state index contributed by atoms with van der Waals surface area (Å²) in [5.74, 6) is 0. The topological polar surface area (TPSA) is 21.3 Å². The van der Waals surface area contributed by atoms with Crippen LogP contribution in [0.25, 0.3) is 0 Å². The van der Waals surface area contributed by atoms with Crippen LogP contribution in [0.3, 0.4) is 0 Å². The van der Waals surface area contributed by atoms with Gasteiger partial charge in [-0.25, -0.2) is 0 Å². The van der Waals surface area contributed by atoms with Gasteiger partial charge in [-0.05, 0) is 54.5 Å². The van der Waals surface area contributed by atoms with Gasteiger partial charge in [-0.15, -0.1) is 0 Å². The Kier molecular flexibility index (Phi) is 3.73. The van der Waals surface area contributed by atoms with Crippen molar-refractivity contribution in [3.8, 4) is 0 Å². The van der Waals surface area contributed by atoms with Crippen molar-refractivity contribution >= 4 is 11.3 Å². The zero-order valence-corrected chi connectivity index (χ0v) is 12.0. The third-order valence-electron chi connectivity index (χ3n) is 4.50. The molecule has 1 spiro atoms. The van der Waals surface area contributed by atoms with Gasteiger partial charge < -0.3 is 10.1 Å². The molecule has 100 valence electrons. The lowest BCUT2D eigenvalue weighted by molar-refractivity contribution is -0.0351. The minimum Gasteiger partial charge on any atom is -0.370 e. The van der Waals surface area contributed by atoms with Crippen LogP contribution in [0.2, 0.25) is 0 Å². The van der Waals surface area contributed by atoms with E-state index in [-0.39, 0.29) is 5.60 Å². The molecule has 2 heterocycles. The van der Waals surface area contributed by atoms with Gasteiger partial charge in [0, 0.05) is 13.1 Å². The third-order valence-corrected chi connectivity index (χ3v) is 5.41. The van der Waals surface area contributed by atoms with E-state index in [1.807, 2.05) is 0 Å². The fourth-order valence-electron chi connectivity index (χ4n) is 3.36. The molecule has 2 nitrogen and oxygen atoms in total. The lowest BCUT2D eigenvalue weighted by Gasteiger charge is -2.23. The van der Waals surface area contributed by atoms with Crippen molar-refractivity contribution in [3.63, 3.8) is 0 Å². The molecule has 3 heteroatoms. The highest BCUT2D eigenvalue weighted by Crippen LogP contribution is 2.43. The average molecular weight is 265 g/mol. The summed E-state index contributed by atoms with van der Waals surface area (Å²) >= 11 is 1.79. The van der Waals surface area contributed by atoms with Gasteiger partial charge in [-0.3, -0.25) is 0 Å². The Morgan fingerprint density at radius 1 is 1.33 bits per heavy atom. The van der Waals surface area contributed by atoms with Crippen LogP contribution in [0.1, 0.15) is 49.7 Å². The second-order valence-electron chi connectivity index (χ2n) is 5.88. The molecule has 3 rings (SSSR count). The Bertz CT molecular complexity index is 395. The molecule has 2 aliphatic rings. The van der Waals surface area contributed by atoms with Crippen LogP contribution in [0.15, 0.2) is 10.8 Å². The van der Waals surface area contributed by atoms with E-state index < -0.39 is 0 Å². The summed E-state index contributed by atoms with van der Waals surface area (Å²) in [6.45, 7) is 4.19. The van der Waals surface area contributed by atoms with Crippen molar-refractivity contribution in [1.82, 2.24) is 5.32 Å². The molecule has 1 aromatic rings. The van der Waals surface area contributed by atoms with E-state index in [1.54, 1.807) is 11.3 Å². The number of thiophene rings is 1. The zero-order chi connectivity index (χ0) is 12.4. The SMILES string of the molecule is Cc1cscc1CNCC1CCC2(CCCC2)O1. The van der Waals surface area contributed by atoms with E-state index in [0.29, 0.717) is 6.10 Å². The van der Waals surface area contributed by atoms with Crippen LogP contribution in [0, 0.1) is 6.92 Å². The van der Waals surface area contributed by atoms with Crippen molar-refractivity contribution in [3.05, 3.63) is 21.9 Å². The van der Waals surface area contributed by atoms with Crippen LogP contribution in [-0.4, -0.2) is 18.2 Å². The largest absolute Gasteiger partial charge is 0.370 e. The van der Waals surface area contributed by atoms with Crippen molar-refractivity contribution in [2.45, 2.75) is 63.7 Å². The first kappa shape index (κ1) is 12.6. The van der Waals surface area contributed by atoms with Crippen molar-refractivity contribution in [2.75, 3.05) is 6.54 Å². The van der Waals surface area contributed by atoms with E-state index in [1.165, 1.54) is 49.7 Å². The van der Waals surface area contributed by atoms with E-state index in [2.05, 4.69) is 23.0 Å². The second kappa shape index (κ2) is 5.32. The van der Waals surface area contributed by atoms with E-state index in [9.17, 15) is 0 Å². The first-order chi connectivity index (χ1) is 8.77. The van der Waals surface area contributed by atoms with Crippen LogP contribution < -0.4 is 5.32 Å². The molecule has 0 aromatic carbocycles. The molecular formula is C15H23NOS. The number of rotatable bonds is 4. The second-order valence-corrected chi connectivity index (χ2v) is 6.62. The fraction of sp³-hybridized carbons (Fsp3) is 0.733. The minimum absolute atomic E-state index is 0.282. The van der Waals surface area contributed by atoms with Gasteiger partial charge in [0.2, 0.25) is 0 Å². The van der Waals surface area contributed by atoms with Crippen LogP contribution >= 0.6 is 11.3 Å². The standard InChI is InChI=1S/C15H23NOS/c1-12-10-18-11-13(12)8-16-9-14-4-7-15(17-14)5-2-3-6-15/h10-11,14,16H,2-9H2,1H3. The monoisotopic (exact) mass is 265 g/mol. The van der Waals surface area contributed by atoms with Gasteiger partial charge in [-0.2, -0.15) is 11.3 Å². The lowest BCUT2D eigenvalue weighted by atomic mass is 9.98. The van der Waals surface area contributed by atoms with Gasteiger partial charge >= 0.3 is 0 Å². The molecule has 1 N–H and O–H groups in total. The maximum absolute atomic E-state index is 6.30. The third kappa shape index (κ3) is 2.63. The summed E-state index contributed by atoms with van der Waals surface area (Å²) < 4.78 is 6.30. The highest BCUT2D eigenvalue weighted by Gasteiger charge is 2.41. The predicted molar refractivity (Wildman–Crippen MR) is 76.1 cm³/mol. The molecule has 18 heavy (non-hydrogen) atoms.